The Kier molecular flexibility index (Phi) is 7.07. The first-order valence-electron chi connectivity index (χ1n) is 10.2. The molecule has 1 aliphatic heterocycles. The van der Waals surface area contributed by atoms with Gasteiger partial charge < -0.3 is 9.80 Å². The molecule has 0 atom stereocenters. The number of amides is 1. The second-order valence-corrected chi connectivity index (χ2v) is 7.73. The molecular formula is C20H21F6N5O3. The molecule has 0 saturated carbocycles. The lowest BCUT2D eigenvalue weighted by Gasteiger charge is -2.35. The number of nitrogens with zero attached hydrogens (tertiary/aromatic N) is 5. The lowest BCUT2D eigenvalue weighted by atomic mass is 10.1. The first-order chi connectivity index (χ1) is 15.8. The third-order valence-electron chi connectivity index (χ3n) is 5.38. The van der Waals surface area contributed by atoms with Crippen LogP contribution in [-0.4, -0.2) is 57.5 Å². The molecule has 1 amide bonds. The Bertz CT molecular complexity index is 1160. The molecule has 0 radical (unpaired) electrons. The van der Waals surface area contributed by atoms with Crippen molar-refractivity contribution in [1.82, 2.24) is 19.2 Å². The van der Waals surface area contributed by atoms with Crippen LogP contribution in [0.3, 0.4) is 0 Å². The van der Waals surface area contributed by atoms with Crippen molar-refractivity contribution in [2.45, 2.75) is 31.7 Å². The van der Waals surface area contributed by atoms with Crippen molar-refractivity contribution < 1.29 is 31.1 Å². The Labute approximate surface area is 189 Å². The molecule has 0 unspecified atom stereocenters. The highest BCUT2D eigenvalue weighted by atomic mass is 19.4. The zero-order valence-electron chi connectivity index (χ0n) is 18.0. The Balaban J connectivity index is 1.76. The quantitative estimate of drug-likeness (QED) is 0.598. The average Bonchev–Trinajstić information content (AvgIpc) is 2.77. The zero-order chi connectivity index (χ0) is 25.3. The smallest absolute Gasteiger partial charge is 0.347 e. The zero-order valence-corrected chi connectivity index (χ0v) is 18.0. The normalized spacial score (nSPS) is 15.0. The van der Waals surface area contributed by atoms with Crippen LogP contribution in [0.25, 0.3) is 0 Å². The second kappa shape index (κ2) is 9.50. The van der Waals surface area contributed by atoms with Crippen molar-refractivity contribution >= 4 is 11.7 Å². The molecule has 0 spiro atoms. The maximum atomic E-state index is 13.3. The van der Waals surface area contributed by atoms with Crippen molar-refractivity contribution in [2.75, 3.05) is 31.1 Å². The van der Waals surface area contributed by atoms with Gasteiger partial charge in [-0.25, -0.2) is 9.48 Å². The van der Waals surface area contributed by atoms with Crippen LogP contribution < -0.4 is 16.1 Å². The molecule has 14 heteroatoms. The molecule has 0 N–H and O–H groups in total. The summed E-state index contributed by atoms with van der Waals surface area (Å²) in [7, 11) is 1.17. The molecule has 0 bridgehead atoms. The van der Waals surface area contributed by atoms with Gasteiger partial charge in [-0.1, -0.05) is 12.1 Å². The lowest BCUT2D eigenvalue weighted by molar-refractivity contribution is -0.138. The summed E-state index contributed by atoms with van der Waals surface area (Å²) in [5.41, 5.74) is -3.17. The number of halogens is 6. The Morgan fingerprint density at radius 1 is 1.00 bits per heavy atom. The van der Waals surface area contributed by atoms with Gasteiger partial charge in [-0.05, 0) is 18.6 Å². The molecule has 186 valence electrons. The molecule has 1 saturated heterocycles. The van der Waals surface area contributed by atoms with E-state index in [-0.39, 0.29) is 38.5 Å². The van der Waals surface area contributed by atoms with E-state index < -0.39 is 53.5 Å². The molecule has 34 heavy (non-hydrogen) atoms. The molecular weight excluding hydrogens is 472 g/mol. The number of rotatable bonds is 5. The van der Waals surface area contributed by atoms with Crippen LogP contribution in [0.5, 0.6) is 0 Å². The second-order valence-electron chi connectivity index (χ2n) is 7.73. The minimum atomic E-state index is -4.70. The van der Waals surface area contributed by atoms with Gasteiger partial charge in [-0.2, -0.15) is 26.3 Å². The van der Waals surface area contributed by atoms with Gasteiger partial charge in [0.25, 0.3) is 11.5 Å². The SMILES string of the molecule is Cn1c(=O)c(N2CCN(C(=O)c3ccccc3C(F)(F)F)CC2)nn(CCCC(F)(F)F)c1=O. The van der Waals surface area contributed by atoms with E-state index in [1.807, 2.05) is 0 Å². The maximum Gasteiger partial charge on any atom is 0.417 e. The van der Waals surface area contributed by atoms with E-state index in [0.717, 1.165) is 21.4 Å². The van der Waals surface area contributed by atoms with E-state index in [4.69, 9.17) is 0 Å². The number of piperazine rings is 1. The first-order valence-corrected chi connectivity index (χ1v) is 10.2. The number of anilines is 1. The van der Waals surface area contributed by atoms with Gasteiger partial charge in [-0.15, -0.1) is 5.10 Å². The average molecular weight is 493 g/mol. The number of hydrogen-bond donors (Lipinski definition) is 0. The van der Waals surface area contributed by atoms with Gasteiger partial charge in [0.1, 0.15) is 0 Å². The molecule has 2 aromatic rings. The fourth-order valence-electron chi connectivity index (χ4n) is 3.59. The summed E-state index contributed by atoms with van der Waals surface area (Å²) in [6, 6.07) is 4.42. The van der Waals surface area contributed by atoms with Crippen molar-refractivity contribution in [3.05, 3.63) is 56.2 Å². The summed E-state index contributed by atoms with van der Waals surface area (Å²) in [5.74, 6) is -0.998. The van der Waals surface area contributed by atoms with Crippen LogP contribution >= 0.6 is 0 Å². The van der Waals surface area contributed by atoms with Crippen LogP contribution in [0, 0.1) is 0 Å². The third-order valence-corrected chi connectivity index (χ3v) is 5.38. The monoisotopic (exact) mass is 493 g/mol. The molecule has 1 fully saturated rings. The summed E-state index contributed by atoms with van der Waals surface area (Å²) in [5, 5.41) is 3.93. The highest BCUT2D eigenvalue weighted by Crippen LogP contribution is 2.32. The van der Waals surface area contributed by atoms with Crippen LogP contribution in [0.1, 0.15) is 28.8 Å². The topological polar surface area (TPSA) is 80.4 Å². The van der Waals surface area contributed by atoms with Crippen LogP contribution in [0.2, 0.25) is 0 Å². The summed E-state index contributed by atoms with van der Waals surface area (Å²) >= 11 is 0. The number of carbonyl (C=O) groups is 1. The summed E-state index contributed by atoms with van der Waals surface area (Å²) in [6.45, 7) is -0.343. The summed E-state index contributed by atoms with van der Waals surface area (Å²) in [6.07, 6.45) is -10.6. The van der Waals surface area contributed by atoms with Crippen molar-refractivity contribution in [2.24, 2.45) is 7.05 Å². The molecule has 8 nitrogen and oxygen atoms in total. The third kappa shape index (κ3) is 5.59. The van der Waals surface area contributed by atoms with Gasteiger partial charge in [0.2, 0.25) is 5.82 Å². The number of aromatic nitrogens is 3. The lowest BCUT2D eigenvalue weighted by Crippen LogP contribution is -2.52. The van der Waals surface area contributed by atoms with Crippen molar-refractivity contribution in [1.29, 1.82) is 0 Å². The number of hydrogen-bond acceptors (Lipinski definition) is 5. The maximum absolute atomic E-state index is 13.3. The largest absolute Gasteiger partial charge is 0.417 e. The van der Waals surface area contributed by atoms with E-state index in [0.29, 0.717) is 0 Å². The highest BCUT2D eigenvalue weighted by Gasteiger charge is 2.36. The van der Waals surface area contributed by atoms with Gasteiger partial charge in [0, 0.05) is 46.2 Å². The minimum absolute atomic E-state index is 0.0247. The van der Waals surface area contributed by atoms with E-state index in [9.17, 15) is 40.7 Å². The van der Waals surface area contributed by atoms with Gasteiger partial charge in [0.15, 0.2) is 0 Å². The van der Waals surface area contributed by atoms with E-state index in [1.165, 1.54) is 29.0 Å². The standard InChI is InChI=1S/C20H21F6N5O3/c1-28-17(33)15(27-31(18(28)34)8-4-7-19(21,22)23)29-9-11-30(12-10-29)16(32)13-5-2-3-6-14(13)20(24,25)26/h2-3,5-6H,4,7-12H2,1H3. The Morgan fingerprint density at radius 2 is 1.62 bits per heavy atom. The fourth-order valence-corrected chi connectivity index (χ4v) is 3.59. The number of carbonyl (C=O) groups excluding carboxylic acids is 1. The molecule has 1 aromatic heterocycles. The highest BCUT2D eigenvalue weighted by molar-refractivity contribution is 5.96. The van der Waals surface area contributed by atoms with Gasteiger partial charge >= 0.3 is 18.0 Å². The molecule has 1 aromatic carbocycles. The summed E-state index contributed by atoms with van der Waals surface area (Å²) in [4.78, 5) is 40.1. The minimum Gasteiger partial charge on any atom is -0.347 e. The first kappa shape index (κ1) is 25.3. The Hall–Kier alpha value is -3.32. The van der Waals surface area contributed by atoms with E-state index >= 15 is 0 Å². The predicted molar refractivity (Wildman–Crippen MR) is 109 cm³/mol. The van der Waals surface area contributed by atoms with Crippen molar-refractivity contribution in [3.63, 3.8) is 0 Å². The fraction of sp³-hybridized carbons (Fsp3) is 0.500. The van der Waals surface area contributed by atoms with Crippen LogP contribution in [-0.2, 0) is 19.8 Å². The summed E-state index contributed by atoms with van der Waals surface area (Å²) < 4.78 is 78.5. The van der Waals surface area contributed by atoms with Gasteiger partial charge in [0.05, 0.1) is 11.1 Å². The van der Waals surface area contributed by atoms with E-state index in [1.54, 1.807) is 0 Å². The van der Waals surface area contributed by atoms with Crippen LogP contribution in [0.4, 0.5) is 32.2 Å². The Morgan fingerprint density at radius 3 is 2.21 bits per heavy atom. The van der Waals surface area contributed by atoms with Gasteiger partial charge in [-0.3, -0.25) is 14.2 Å². The number of aryl methyl sites for hydroxylation is 1. The number of alkyl halides is 6. The van der Waals surface area contributed by atoms with Crippen LogP contribution in [0.15, 0.2) is 33.9 Å². The van der Waals surface area contributed by atoms with E-state index in [2.05, 4.69) is 5.10 Å². The molecule has 1 aliphatic rings. The molecule has 0 aliphatic carbocycles. The molecule has 3 rings (SSSR count). The molecule has 2 heterocycles. The predicted octanol–water partition coefficient (Wildman–Crippen LogP) is 2.27. The van der Waals surface area contributed by atoms with Crippen molar-refractivity contribution in [3.8, 4) is 0 Å². The number of benzene rings is 1.